The average molecular weight is 214 g/mol. The van der Waals surface area contributed by atoms with Gasteiger partial charge in [-0.2, -0.15) is 0 Å². The predicted molar refractivity (Wildman–Crippen MR) is 57.8 cm³/mol. The predicted octanol–water partition coefficient (Wildman–Crippen LogP) is 3.45. The molecule has 0 saturated carbocycles. The number of nitrogens with two attached hydrogens (primary N) is 1. The fourth-order valence-corrected chi connectivity index (χ4v) is 1.43. The quantitative estimate of drug-likeness (QED) is 0.762. The lowest BCUT2D eigenvalue weighted by Crippen LogP contribution is -2.11. The van der Waals surface area contributed by atoms with E-state index in [9.17, 15) is 4.39 Å². The third-order valence-electron chi connectivity index (χ3n) is 2.04. The zero-order valence-corrected chi connectivity index (χ0v) is 8.60. The molecule has 0 heterocycles. The molecule has 0 fully saturated rings. The maximum atomic E-state index is 13.3. The fourth-order valence-electron chi connectivity index (χ4n) is 1.25. The van der Waals surface area contributed by atoms with Crippen LogP contribution in [-0.2, 0) is 0 Å². The van der Waals surface area contributed by atoms with Crippen molar-refractivity contribution in [2.24, 2.45) is 5.73 Å². The van der Waals surface area contributed by atoms with Gasteiger partial charge < -0.3 is 5.73 Å². The van der Waals surface area contributed by atoms with Gasteiger partial charge in [0.25, 0.3) is 0 Å². The second-order valence-electron chi connectivity index (χ2n) is 3.14. The summed E-state index contributed by atoms with van der Waals surface area (Å²) in [7, 11) is 0. The molecule has 1 unspecified atom stereocenters. The van der Waals surface area contributed by atoms with Crippen molar-refractivity contribution < 1.29 is 4.39 Å². The van der Waals surface area contributed by atoms with Crippen molar-refractivity contribution in [3.63, 3.8) is 0 Å². The zero-order chi connectivity index (χ0) is 10.6. The molecule has 0 amide bonds. The van der Waals surface area contributed by atoms with Crippen LogP contribution in [0.25, 0.3) is 0 Å². The molecule has 0 aliphatic carbocycles. The van der Waals surface area contributed by atoms with Gasteiger partial charge in [-0.05, 0) is 31.0 Å². The van der Waals surface area contributed by atoms with Gasteiger partial charge in [0.15, 0.2) is 0 Å². The molecule has 1 rings (SSSR count). The van der Waals surface area contributed by atoms with E-state index in [4.69, 9.17) is 17.3 Å². The minimum absolute atomic E-state index is 0.300. The molecule has 2 N–H and O–H groups in total. The van der Waals surface area contributed by atoms with Crippen LogP contribution in [0.3, 0.4) is 0 Å². The Balaban J connectivity index is 2.82. The smallest absolute Gasteiger partial charge is 0.128 e. The van der Waals surface area contributed by atoms with Crippen molar-refractivity contribution in [2.45, 2.75) is 18.9 Å². The van der Waals surface area contributed by atoms with E-state index >= 15 is 0 Å². The number of hydrogen-bond donors (Lipinski definition) is 1. The van der Waals surface area contributed by atoms with Gasteiger partial charge in [0.1, 0.15) is 5.82 Å². The summed E-state index contributed by atoms with van der Waals surface area (Å²) in [5.41, 5.74) is 6.28. The Morgan fingerprint density at radius 2 is 2.29 bits per heavy atom. The lowest BCUT2D eigenvalue weighted by molar-refractivity contribution is 0.566. The van der Waals surface area contributed by atoms with Crippen LogP contribution in [0.1, 0.15) is 24.4 Å². The van der Waals surface area contributed by atoms with Crippen molar-refractivity contribution >= 4 is 11.6 Å². The standard InChI is InChI=1S/C11H13ClFN/c1-2-3-4-11(14)9-7-8(12)5-6-10(9)13/h2,5-7,11H,1,3-4,14H2. The Labute approximate surface area is 88.4 Å². The number of hydrogen-bond acceptors (Lipinski definition) is 1. The van der Waals surface area contributed by atoms with Crippen molar-refractivity contribution in [1.82, 2.24) is 0 Å². The third kappa shape index (κ3) is 2.82. The van der Waals surface area contributed by atoms with Crippen LogP contribution in [0.5, 0.6) is 0 Å². The first-order valence-electron chi connectivity index (χ1n) is 4.46. The molecule has 1 atom stereocenters. The fraction of sp³-hybridized carbons (Fsp3) is 0.273. The van der Waals surface area contributed by atoms with Gasteiger partial charge in [0.05, 0.1) is 0 Å². The minimum atomic E-state index is -0.313. The molecular formula is C11H13ClFN. The van der Waals surface area contributed by atoms with E-state index in [1.165, 1.54) is 12.1 Å². The van der Waals surface area contributed by atoms with Gasteiger partial charge in [-0.3, -0.25) is 0 Å². The van der Waals surface area contributed by atoms with Crippen LogP contribution in [0.2, 0.25) is 5.02 Å². The number of halogens is 2. The lowest BCUT2D eigenvalue weighted by atomic mass is 10.0. The third-order valence-corrected chi connectivity index (χ3v) is 2.27. The summed E-state index contributed by atoms with van der Waals surface area (Å²) < 4.78 is 13.3. The van der Waals surface area contributed by atoms with Gasteiger partial charge in [-0.25, -0.2) is 4.39 Å². The SMILES string of the molecule is C=CCCC(N)c1cc(Cl)ccc1F. The second kappa shape index (κ2) is 5.13. The highest BCUT2D eigenvalue weighted by Crippen LogP contribution is 2.22. The van der Waals surface area contributed by atoms with Crippen molar-refractivity contribution in [1.29, 1.82) is 0 Å². The van der Waals surface area contributed by atoms with E-state index in [1.807, 2.05) is 0 Å². The first-order valence-corrected chi connectivity index (χ1v) is 4.84. The second-order valence-corrected chi connectivity index (χ2v) is 3.57. The van der Waals surface area contributed by atoms with Crippen molar-refractivity contribution in [2.75, 3.05) is 0 Å². The molecule has 0 saturated heterocycles. The lowest BCUT2D eigenvalue weighted by Gasteiger charge is -2.11. The summed E-state index contributed by atoms with van der Waals surface area (Å²) in [5, 5.41) is 0.510. The van der Waals surface area contributed by atoms with E-state index in [0.29, 0.717) is 17.0 Å². The molecule has 0 radical (unpaired) electrons. The Bertz CT molecular complexity index is 325. The summed E-state index contributed by atoms with van der Waals surface area (Å²) in [6.45, 7) is 3.59. The minimum Gasteiger partial charge on any atom is -0.324 e. The van der Waals surface area contributed by atoms with Gasteiger partial charge in [-0.1, -0.05) is 17.7 Å². The summed E-state index contributed by atoms with van der Waals surface area (Å²) in [5.74, 6) is -0.300. The Kier molecular flexibility index (Phi) is 4.11. The van der Waals surface area contributed by atoms with Crippen LogP contribution in [0.15, 0.2) is 30.9 Å². The molecule has 0 aromatic heterocycles. The van der Waals surface area contributed by atoms with Crippen LogP contribution in [-0.4, -0.2) is 0 Å². The molecule has 0 spiro atoms. The maximum Gasteiger partial charge on any atom is 0.128 e. The molecule has 1 aromatic rings. The molecule has 1 nitrogen and oxygen atoms in total. The van der Waals surface area contributed by atoms with Gasteiger partial charge >= 0.3 is 0 Å². The van der Waals surface area contributed by atoms with E-state index in [0.717, 1.165) is 6.42 Å². The number of rotatable bonds is 4. The van der Waals surface area contributed by atoms with Crippen molar-refractivity contribution in [3.05, 3.63) is 47.3 Å². The van der Waals surface area contributed by atoms with Gasteiger partial charge in [0, 0.05) is 16.6 Å². The molecule has 0 aliphatic rings. The zero-order valence-electron chi connectivity index (χ0n) is 7.84. The summed E-state index contributed by atoms with van der Waals surface area (Å²) >= 11 is 5.75. The first-order chi connectivity index (χ1) is 6.65. The summed E-state index contributed by atoms with van der Waals surface area (Å²) in [6.07, 6.45) is 3.22. The largest absolute Gasteiger partial charge is 0.324 e. The Morgan fingerprint density at radius 1 is 1.57 bits per heavy atom. The number of allylic oxidation sites excluding steroid dienone is 1. The topological polar surface area (TPSA) is 26.0 Å². The van der Waals surface area contributed by atoms with Crippen LogP contribution in [0.4, 0.5) is 4.39 Å². The maximum absolute atomic E-state index is 13.3. The normalized spacial score (nSPS) is 12.5. The Morgan fingerprint density at radius 3 is 2.93 bits per heavy atom. The van der Waals surface area contributed by atoms with Crippen LogP contribution >= 0.6 is 11.6 Å². The summed E-state index contributed by atoms with van der Waals surface area (Å²) in [4.78, 5) is 0. The Hall–Kier alpha value is -0.860. The molecule has 3 heteroatoms. The number of benzene rings is 1. The van der Waals surface area contributed by atoms with Crippen LogP contribution in [0, 0.1) is 5.82 Å². The van der Waals surface area contributed by atoms with E-state index < -0.39 is 0 Å². The molecule has 76 valence electrons. The first kappa shape index (κ1) is 11.2. The van der Waals surface area contributed by atoms with Gasteiger partial charge in [-0.15, -0.1) is 6.58 Å². The highest BCUT2D eigenvalue weighted by molar-refractivity contribution is 6.30. The van der Waals surface area contributed by atoms with E-state index in [1.54, 1.807) is 12.1 Å². The van der Waals surface area contributed by atoms with E-state index in [-0.39, 0.29) is 11.9 Å². The van der Waals surface area contributed by atoms with E-state index in [2.05, 4.69) is 6.58 Å². The molecular weight excluding hydrogens is 201 g/mol. The molecule has 0 bridgehead atoms. The highest BCUT2D eigenvalue weighted by atomic mass is 35.5. The monoisotopic (exact) mass is 213 g/mol. The molecule has 14 heavy (non-hydrogen) atoms. The van der Waals surface area contributed by atoms with Crippen molar-refractivity contribution in [3.8, 4) is 0 Å². The average Bonchev–Trinajstić information content (AvgIpc) is 2.18. The van der Waals surface area contributed by atoms with Gasteiger partial charge in [0.2, 0.25) is 0 Å². The molecule has 1 aromatic carbocycles. The molecule has 0 aliphatic heterocycles. The highest BCUT2D eigenvalue weighted by Gasteiger charge is 2.10. The van der Waals surface area contributed by atoms with Crippen LogP contribution < -0.4 is 5.73 Å². The summed E-state index contributed by atoms with van der Waals surface area (Å²) in [6, 6.07) is 4.11.